The lowest BCUT2D eigenvalue weighted by atomic mass is 10.0. The molecule has 1 aliphatic rings. The maximum absolute atomic E-state index is 13.2. The van der Waals surface area contributed by atoms with E-state index < -0.39 is 0 Å². The van der Waals surface area contributed by atoms with Gasteiger partial charge in [-0.1, -0.05) is 48.2 Å². The summed E-state index contributed by atoms with van der Waals surface area (Å²) in [4.78, 5) is 13.2. The third-order valence-corrected chi connectivity index (χ3v) is 5.72. The van der Waals surface area contributed by atoms with Crippen molar-refractivity contribution in [2.75, 3.05) is 10.7 Å². The fourth-order valence-corrected chi connectivity index (χ4v) is 4.46. The SMILES string of the molecule is Cc1cc(C)cc(NC(=O)[C@@H]2Sc3nnc(C)n3N[C@H]2c2ccccc2)c1. The average molecular weight is 379 g/mol. The smallest absolute Gasteiger partial charge is 0.240 e. The van der Waals surface area contributed by atoms with Crippen molar-refractivity contribution in [1.82, 2.24) is 14.9 Å². The van der Waals surface area contributed by atoms with Gasteiger partial charge in [-0.05, 0) is 49.6 Å². The Morgan fingerprint density at radius 1 is 1.07 bits per heavy atom. The summed E-state index contributed by atoms with van der Waals surface area (Å²) in [5.41, 5.74) is 7.51. The van der Waals surface area contributed by atoms with E-state index in [9.17, 15) is 4.79 Å². The first-order valence-electron chi connectivity index (χ1n) is 8.80. The van der Waals surface area contributed by atoms with E-state index in [1.165, 1.54) is 11.8 Å². The number of nitrogens with zero attached hydrogens (tertiary/aromatic N) is 3. The van der Waals surface area contributed by atoms with Crippen molar-refractivity contribution < 1.29 is 4.79 Å². The predicted molar refractivity (Wildman–Crippen MR) is 107 cm³/mol. The number of anilines is 1. The molecule has 6 nitrogen and oxygen atoms in total. The first kappa shape index (κ1) is 17.6. The van der Waals surface area contributed by atoms with Crippen molar-refractivity contribution in [2.45, 2.75) is 37.2 Å². The molecule has 2 atom stereocenters. The highest BCUT2D eigenvalue weighted by Crippen LogP contribution is 2.37. The number of thioether (sulfide) groups is 1. The van der Waals surface area contributed by atoms with Crippen LogP contribution < -0.4 is 10.7 Å². The Morgan fingerprint density at radius 3 is 2.48 bits per heavy atom. The van der Waals surface area contributed by atoms with Crippen molar-refractivity contribution in [3.8, 4) is 0 Å². The van der Waals surface area contributed by atoms with Crippen LogP contribution >= 0.6 is 11.8 Å². The van der Waals surface area contributed by atoms with Crippen LogP contribution in [0.1, 0.15) is 28.6 Å². The number of aromatic nitrogens is 3. The number of carbonyl (C=O) groups is 1. The number of rotatable bonds is 3. The highest BCUT2D eigenvalue weighted by molar-refractivity contribution is 8.00. The van der Waals surface area contributed by atoms with Gasteiger partial charge in [0.2, 0.25) is 11.1 Å². The zero-order chi connectivity index (χ0) is 19.0. The molecule has 0 unspecified atom stereocenters. The molecular formula is C20H21N5OS. The number of nitrogens with one attached hydrogen (secondary N) is 2. The molecule has 7 heteroatoms. The first-order valence-corrected chi connectivity index (χ1v) is 9.68. The van der Waals surface area contributed by atoms with Gasteiger partial charge in [0.25, 0.3) is 0 Å². The summed E-state index contributed by atoms with van der Waals surface area (Å²) in [6, 6.07) is 15.9. The minimum atomic E-state index is -0.371. The molecule has 0 saturated heterocycles. The lowest BCUT2D eigenvalue weighted by Gasteiger charge is -2.32. The van der Waals surface area contributed by atoms with Gasteiger partial charge in [0, 0.05) is 5.69 Å². The largest absolute Gasteiger partial charge is 0.325 e. The Morgan fingerprint density at radius 2 is 1.78 bits per heavy atom. The van der Waals surface area contributed by atoms with Gasteiger partial charge in [0.05, 0.1) is 6.04 Å². The third-order valence-electron chi connectivity index (χ3n) is 4.50. The molecule has 27 heavy (non-hydrogen) atoms. The van der Waals surface area contributed by atoms with Crippen molar-refractivity contribution >= 4 is 23.4 Å². The zero-order valence-corrected chi connectivity index (χ0v) is 16.2. The second-order valence-corrected chi connectivity index (χ2v) is 7.90. The van der Waals surface area contributed by atoms with Gasteiger partial charge in [0.1, 0.15) is 11.1 Å². The summed E-state index contributed by atoms with van der Waals surface area (Å²) in [6.07, 6.45) is 0. The molecule has 138 valence electrons. The van der Waals surface area contributed by atoms with Crippen molar-refractivity contribution in [3.05, 3.63) is 71.0 Å². The maximum atomic E-state index is 13.2. The van der Waals surface area contributed by atoms with Crippen molar-refractivity contribution in [3.63, 3.8) is 0 Å². The number of benzene rings is 2. The van der Waals surface area contributed by atoms with Gasteiger partial charge >= 0.3 is 0 Å². The summed E-state index contributed by atoms with van der Waals surface area (Å²) in [5, 5.41) is 11.7. The standard InChI is InChI=1S/C20H21N5OS/c1-12-9-13(2)11-16(10-12)21-19(26)18-17(15-7-5-4-6-8-15)24-25-14(3)22-23-20(25)27-18/h4-11,17-18,24H,1-3H3,(H,21,26)/t17-,18+/m0/s1. The summed E-state index contributed by atoms with van der Waals surface area (Å²) >= 11 is 1.43. The Hall–Kier alpha value is -2.80. The van der Waals surface area contributed by atoms with Crippen molar-refractivity contribution in [2.24, 2.45) is 0 Å². The number of hydrogen-bond acceptors (Lipinski definition) is 5. The monoisotopic (exact) mass is 379 g/mol. The van der Waals surface area contributed by atoms with E-state index in [0.29, 0.717) is 5.16 Å². The summed E-state index contributed by atoms with van der Waals surface area (Å²) in [5.74, 6) is 0.713. The van der Waals surface area contributed by atoms with Crippen LogP contribution in [0, 0.1) is 20.8 Å². The van der Waals surface area contributed by atoms with Crippen LogP contribution in [0.2, 0.25) is 0 Å². The normalized spacial score (nSPS) is 18.5. The van der Waals surface area contributed by atoms with Gasteiger partial charge in [0.15, 0.2) is 0 Å². The van der Waals surface area contributed by atoms with Gasteiger partial charge in [-0.15, -0.1) is 10.2 Å². The van der Waals surface area contributed by atoms with E-state index in [1.54, 1.807) is 0 Å². The molecule has 0 fully saturated rings. The zero-order valence-electron chi connectivity index (χ0n) is 15.4. The van der Waals surface area contributed by atoms with E-state index in [-0.39, 0.29) is 17.2 Å². The van der Waals surface area contributed by atoms with Crippen molar-refractivity contribution in [1.29, 1.82) is 0 Å². The molecule has 0 bridgehead atoms. The molecule has 0 aliphatic carbocycles. The fraction of sp³-hybridized carbons (Fsp3) is 0.250. The number of fused-ring (bicyclic) bond motifs is 1. The molecule has 2 heterocycles. The van der Waals surface area contributed by atoms with Crippen LogP contribution in [-0.2, 0) is 4.79 Å². The molecule has 1 amide bonds. The van der Waals surface area contributed by atoms with Crippen LogP contribution in [0.3, 0.4) is 0 Å². The quantitative estimate of drug-likeness (QED) is 0.727. The van der Waals surface area contributed by atoms with Gasteiger partial charge < -0.3 is 10.7 Å². The summed E-state index contributed by atoms with van der Waals surface area (Å²) < 4.78 is 1.85. The lowest BCUT2D eigenvalue weighted by molar-refractivity contribution is -0.116. The number of carbonyl (C=O) groups excluding carboxylic acids is 1. The minimum absolute atomic E-state index is 0.0572. The minimum Gasteiger partial charge on any atom is -0.325 e. The molecule has 1 aromatic heterocycles. The van der Waals surface area contributed by atoms with E-state index in [2.05, 4.69) is 27.0 Å². The maximum Gasteiger partial charge on any atom is 0.240 e. The molecule has 1 aliphatic heterocycles. The molecular weight excluding hydrogens is 358 g/mol. The highest BCUT2D eigenvalue weighted by atomic mass is 32.2. The van der Waals surface area contributed by atoms with Crippen LogP contribution in [0.4, 0.5) is 5.69 Å². The number of amides is 1. The van der Waals surface area contributed by atoms with E-state index >= 15 is 0 Å². The third kappa shape index (κ3) is 3.55. The van der Waals surface area contributed by atoms with E-state index in [1.807, 2.05) is 67.9 Å². The van der Waals surface area contributed by atoms with E-state index in [0.717, 1.165) is 28.2 Å². The molecule has 0 spiro atoms. The number of aryl methyl sites for hydroxylation is 3. The molecule has 2 N–H and O–H groups in total. The van der Waals surface area contributed by atoms with Gasteiger partial charge in [-0.3, -0.25) is 4.79 Å². The second-order valence-electron chi connectivity index (χ2n) is 6.79. The Labute approximate surface area is 162 Å². The molecule has 0 saturated carbocycles. The molecule has 0 radical (unpaired) electrons. The fourth-order valence-electron chi connectivity index (χ4n) is 3.33. The topological polar surface area (TPSA) is 71.8 Å². The Bertz CT molecular complexity index is 965. The second kappa shape index (κ2) is 7.08. The molecule has 4 rings (SSSR count). The van der Waals surface area contributed by atoms with E-state index in [4.69, 9.17) is 0 Å². The molecule has 3 aromatic rings. The van der Waals surface area contributed by atoms with Crippen LogP contribution in [-0.4, -0.2) is 26.0 Å². The first-order chi connectivity index (χ1) is 13.0. The van der Waals surface area contributed by atoms with Crippen LogP contribution in [0.5, 0.6) is 0 Å². The average Bonchev–Trinajstić information content (AvgIpc) is 3.01. The number of hydrogen-bond donors (Lipinski definition) is 2. The lowest BCUT2D eigenvalue weighted by Crippen LogP contribution is -2.41. The van der Waals surface area contributed by atoms with Gasteiger partial charge in [-0.2, -0.15) is 0 Å². The summed E-state index contributed by atoms with van der Waals surface area (Å²) in [7, 11) is 0. The Kier molecular flexibility index (Phi) is 4.61. The predicted octanol–water partition coefficient (Wildman–Crippen LogP) is 3.60. The van der Waals surface area contributed by atoms with Crippen LogP contribution in [0.15, 0.2) is 53.7 Å². The highest BCUT2D eigenvalue weighted by Gasteiger charge is 2.37. The molecule has 2 aromatic carbocycles. The van der Waals surface area contributed by atoms with Crippen LogP contribution in [0.25, 0.3) is 0 Å². The van der Waals surface area contributed by atoms with Gasteiger partial charge in [-0.25, -0.2) is 4.68 Å². The summed E-state index contributed by atoms with van der Waals surface area (Å²) in [6.45, 7) is 5.94. The Balaban J connectivity index is 1.66.